The van der Waals surface area contributed by atoms with Gasteiger partial charge in [-0.1, -0.05) is 24.3 Å². The number of hydrogen-bond donors (Lipinski definition) is 1. The molecule has 8 nitrogen and oxygen atoms in total. The van der Waals surface area contributed by atoms with Gasteiger partial charge in [-0.15, -0.1) is 0 Å². The van der Waals surface area contributed by atoms with Crippen LogP contribution in [0.15, 0.2) is 42.5 Å². The van der Waals surface area contributed by atoms with Gasteiger partial charge in [0, 0.05) is 12.1 Å². The lowest BCUT2D eigenvalue weighted by atomic mass is 10.0. The molecule has 0 aliphatic rings. The number of carbonyl (C=O) groups excluding carboxylic acids is 1. The van der Waals surface area contributed by atoms with Crippen LogP contribution in [0.25, 0.3) is 0 Å². The molecule has 150 valence electrons. The smallest absolute Gasteiger partial charge is 0.271 e. The highest BCUT2D eigenvalue weighted by Crippen LogP contribution is 2.23. The minimum Gasteiger partial charge on any atom is -0.348 e. The van der Waals surface area contributed by atoms with E-state index in [1.54, 1.807) is 6.92 Å². The number of nitrogens with zero attached hydrogens (tertiary/aromatic N) is 2. The fourth-order valence-corrected chi connectivity index (χ4v) is 3.54. The summed E-state index contributed by atoms with van der Waals surface area (Å²) in [7, 11) is -3.82. The molecule has 2 aromatic carbocycles. The predicted molar refractivity (Wildman–Crippen MR) is 108 cm³/mol. The number of rotatable bonds is 7. The topological polar surface area (TPSA) is 110 Å². The van der Waals surface area contributed by atoms with Crippen LogP contribution in [0.5, 0.6) is 0 Å². The van der Waals surface area contributed by atoms with E-state index < -0.39 is 27.4 Å². The van der Waals surface area contributed by atoms with Gasteiger partial charge in [-0.25, -0.2) is 8.42 Å². The number of nitro benzene ring substituents is 1. The molecular formula is C19H23N3O5S. The number of aryl methyl sites for hydroxylation is 2. The monoisotopic (exact) mass is 405 g/mol. The Labute approximate surface area is 164 Å². The van der Waals surface area contributed by atoms with Crippen molar-refractivity contribution in [2.75, 3.05) is 17.1 Å². The van der Waals surface area contributed by atoms with Crippen molar-refractivity contribution in [1.82, 2.24) is 5.32 Å². The van der Waals surface area contributed by atoms with Crippen LogP contribution >= 0.6 is 0 Å². The largest absolute Gasteiger partial charge is 0.348 e. The number of carbonyl (C=O) groups is 1. The summed E-state index contributed by atoms with van der Waals surface area (Å²) in [6, 6.07) is 10.7. The van der Waals surface area contributed by atoms with E-state index in [1.165, 1.54) is 18.2 Å². The van der Waals surface area contributed by atoms with Crippen molar-refractivity contribution >= 4 is 27.3 Å². The molecule has 1 N–H and O–H groups in total. The summed E-state index contributed by atoms with van der Waals surface area (Å²) in [5, 5.41) is 13.7. The van der Waals surface area contributed by atoms with Crippen molar-refractivity contribution in [2.45, 2.75) is 26.8 Å². The molecule has 2 aromatic rings. The zero-order valence-corrected chi connectivity index (χ0v) is 17.0. The molecule has 0 unspecified atom stereocenters. The second-order valence-corrected chi connectivity index (χ2v) is 8.59. The number of anilines is 1. The molecule has 0 heterocycles. The minimum atomic E-state index is -3.82. The highest BCUT2D eigenvalue weighted by Gasteiger charge is 2.23. The van der Waals surface area contributed by atoms with Crippen LogP contribution in [0.1, 0.15) is 29.7 Å². The van der Waals surface area contributed by atoms with Crippen LogP contribution in [-0.2, 0) is 14.8 Å². The van der Waals surface area contributed by atoms with Gasteiger partial charge in [0.15, 0.2) is 0 Å². The standard InChI is InChI=1S/C19H23N3O5S/c1-13-8-9-16(10-14(13)2)15(3)20-19(23)12-21(28(4,26)27)17-6-5-7-18(11-17)22(24)25/h5-11,15H,12H2,1-4H3,(H,20,23)/t15-/m0/s1. The number of sulfonamides is 1. The summed E-state index contributed by atoms with van der Waals surface area (Å²) in [5.41, 5.74) is 2.93. The minimum absolute atomic E-state index is 0.0608. The van der Waals surface area contributed by atoms with Gasteiger partial charge in [0.1, 0.15) is 6.54 Å². The summed E-state index contributed by atoms with van der Waals surface area (Å²) in [4.78, 5) is 22.8. The third-order valence-electron chi connectivity index (χ3n) is 4.42. The Balaban J connectivity index is 2.20. The van der Waals surface area contributed by atoms with E-state index in [2.05, 4.69) is 5.32 Å². The van der Waals surface area contributed by atoms with Gasteiger partial charge in [0.05, 0.1) is 22.9 Å². The van der Waals surface area contributed by atoms with Crippen LogP contribution in [0.2, 0.25) is 0 Å². The number of benzene rings is 2. The average Bonchev–Trinajstić information content (AvgIpc) is 2.61. The third kappa shape index (κ3) is 5.29. The van der Waals surface area contributed by atoms with Gasteiger partial charge < -0.3 is 5.32 Å². The molecule has 0 aliphatic carbocycles. The van der Waals surface area contributed by atoms with Gasteiger partial charge in [-0.3, -0.25) is 19.2 Å². The molecule has 0 aliphatic heterocycles. The molecule has 0 aromatic heterocycles. The number of nitrogens with one attached hydrogen (secondary N) is 1. The zero-order valence-electron chi connectivity index (χ0n) is 16.2. The van der Waals surface area contributed by atoms with Crippen LogP contribution in [0.4, 0.5) is 11.4 Å². The van der Waals surface area contributed by atoms with Crippen LogP contribution in [0.3, 0.4) is 0 Å². The van der Waals surface area contributed by atoms with Gasteiger partial charge in [0.25, 0.3) is 5.69 Å². The van der Waals surface area contributed by atoms with Gasteiger partial charge >= 0.3 is 0 Å². The van der Waals surface area contributed by atoms with E-state index >= 15 is 0 Å². The Morgan fingerprint density at radius 1 is 1.18 bits per heavy atom. The number of hydrogen-bond acceptors (Lipinski definition) is 5. The maximum atomic E-state index is 12.5. The van der Waals surface area contributed by atoms with Gasteiger partial charge in [-0.05, 0) is 43.5 Å². The first-order chi connectivity index (χ1) is 13.0. The molecule has 0 fully saturated rings. The molecule has 28 heavy (non-hydrogen) atoms. The third-order valence-corrected chi connectivity index (χ3v) is 5.57. The van der Waals surface area contributed by atoms with E-state index in [9.17, 15) is 23.3 Å². The van der Waals surface area contributed by atoms with Gasteiger partial charge in [0.2, 0.25) is 15.9 Å². The highest BCUT2D eigenvalue weighted by atomic mass is 32.2. The average molecular weight is 405 g/mol. The van der Waals surface area contributed by atoms with Crippen molar-refractivity contribution in [3.8, 4) is 0 Å². The van der Waals surface area contributed by atoms with Gasteiger partial charge in [-0.2, -0.15) is 0 Å². The number of non-ortho nitro benzene ring substituents is 1. The fraction of sp³-hybridized carbons (Fsp3) is 0.316. The Bertz CT molecular complexity index is 1000. The molecule has 0 radical (unpaired) electrons. The maximum absolute atomic E-state index is 12.5. The van der Waals surface area contributed by atoms with Crippen molar-refractivity contribution in [3.05, 3.63) is 69.3 Å². The number of nitro groups is 1. The van der Waals surface area contributed by atoms with Crippen molar-refractivity contribution in [1.29, 1.82) is 0 Å². The molecule has 1 atom stereocenters. The lowest BCUT2D eigenvalue weighted by molar-refractivity contribution is -0.384. The fourth-order valence-electron chi connectivity index (χ4n) is 2.70. The molecule has 1 amide bonds. The van der Waals surface area contributed by atoms with Crippen LogP contribution < -0.4 is 9.62 Å². The van der Waals surface area contributed by atoms with Crippen LogP contribution in [-0.4, -0.2) is 32.0 Å². The Hall–Kier alpha value is -2.94. The summed E-state index contributed by atoms with van der Waals surface area (Å²) >= 11 is 0. The first-order valence-electron chi connectivity index (χ1n) is 8.57. The maximum Gasteiger partial charge on any atom is 0.271 e. The van der Waals surface area contributed by atoms with E-state index in [4.69, 9.17) is 0 Å². The lowest BCUT2D eigenvalue weighted by Crippen LogP contribution is -2.41. The summed E-state index contributed by atoms with van der Waals surface area (Å²) < 4.78 is 25.2. The van der Waals surface area contributed by atoms with Crippen molar-refractivity contribution in [2.24, 2.45) is 0 Å². The van der Waals surface area contributed by atoms with E-state index in [-0.39, 0.29) is 17.4 Å². The predicted octanol–water partition coefficient (Wildman–Crippen LogP) is 2.86. The molecule has 9 heteroatoms. The first-order valence-corrected chi connectivity index (χ1v) is 10.4. The first kappa shape index (κ1) is 21.4. The number of amides is 1. The second-order valence-electron chi connectivity index (χ2n) is 6.68. The van der Waals surface area contributed by atoms with Crippen molar-refractivity contribution < 1.29 is 18.1 Å². The lowest BCUT2D eigenvalue weighted by Gasteiger charge is -2.23. The van der Waals surface area contributed by atoms with E-state index in [0.29, 0.717) is 0 Å². The second kappa shape index (κ2) is 8.39. The Kier molecular flexibility index (Phi) is 6.40. The normalized spacial score (nSPS) is 12.3. The molecular weight excluding hydrogens is 382 g/mol. The molecule has 2 rings (SSSR count). The molecule has 0 bridgehead atoms. The summed E-state index contributed by atoms with van der Waals surface area (Å²) in [6.07, 6.45) is 0.950. The Morgan fingerprint density at radius 3 is 2.43 bits per heavy atom. The van der Waals surface area contributed by atoms with E-state index in [1.807, 2.05) is 32.0 Å². The molecule has 0 spiro atoms. The molecule has 0 saturated heterocycles. The Morgan fingerprint density at radius 2 is 1.86 bits per heavy atom. The quantitative estimate of drug-likeness (QED) is 0.563. The highest BCUT2D eigenvalue weighted by molar-refractivity contribution is 7.92. The summed E-state index contributed by atoms with van der Waals surface area (Å²) in [6.45, 7) is 5.29. The van der Waals surface area contributed by atoms with E-state index in [0.717, 1.165) is 33.3 Å². The zero-order chi connectivity index (χ0) is 21.1. The SMILES string of the molecule is Cc1ccc([C@H](C)NC(=O)CN(c2cccc([N+](=O)[O-])c2)S(C)(=O)=O)cc1C. The molecule has 0 saturated carbocycles. The van der Waals surface area contributed by atoms with Crippen LogP contribution in [0, 0.1) is 24.0 Å². The summed E-state index contributed by atoms with van der Waals surface area (Å²) in [5.74, 6) is -0.511. The van der Waals surface area contributed by atoms with Crippen molar-refractivity contribution in [3.63, 3.8) is 0 Å².